The molecule has 0 aliphatic rings. The molecule has 0 saturated carbocycles. The van der Waals surface area contributed by atoms with Gasteiger partial charge in [0.2, 0.25) is 0 Å². The van der Waals surface area contributed by atoms with E-state index in [1.807, 2.05) is 0 Å². The van der Waals surface area contributed by atoms with Gasteiger partial charge in [-0.15, -0.1) is 0 Å². The first-order valence-corrected chi connectivity index (χ1v) is 6.50. The molecule has 0 unspecified atom stereocenters. The van der Waals surface area contributed by atoms with Crippen LogP contribution < -0.4 is 5.32 Å². The monoisotopic (exact) mass is 296 g/mol. The Bertz CT molecular complexity index is 887. The van der Waals surface area contributed by atoms with Crippen LogP contribution in [0.2, 0.25) is 0 Å². The molecule has 0 aliphatic heterocycles. The minimum Gasteiger partial charge on any atom is -0.365 e. The highest BCUT2D eigenvalue weighted by Crippen LogP contribution is 2.21. The van der Waals surface area contributed by atoms with E-state index in [-0.39, 0.29) is 6.54 Å². The van der Waals surface area contributed by atoms with Crippen molar-refractivity contribution in [2.45, 2.75) is 6.54 Å². The van der Waals surface area contributed by atoms with Gasteiger partial charge in [0, 0.05) is 23.6 Å². The van der Waals surface area contributed by atoms with Gasteiger partial charge in [-0.05, 0) is 24.3 Å². The fourth-order valence-electron chi connectivity index (χ4n) is 2.11. The SMILES string of the molecule is N#Cc1ccc2ncnc(NCc3ccc(F)cc3F)c2c1. The third kappa shape index (κ3) is 2.69. The van der Waals surface area contributed by atoms with Crippen molar-refractivity contribution in [3.63, 3.8) is 0 Å². The van der Waals surface area contributed by atoms with E-state index in [9.17, 15) is 8.78 Å². The summed E-state index contributed by atoms with van der Waals surface area (Å²) < 4.78 is 26.5. The molecular formula is C16H10F2N4. The second kappa shape index (κ2) is 5.74. The number of hydrogen-bond donors (Lipinski definition) is 1. The van der Waals surface area contributed by atoms with Gasteiger partial charge in [-0.1, -0.05) is 6.07 Å². The number of nitrogens with zero attached hydrogens (tertiary/aromatic N) is 3. The Kier molecular flexibility index (Phi) is 3.62. The Hall–Kier alpha value is -3.07. The summed E-state index contributed by atoms with van der Waals surface area (Å²) in [6.07, 6.45) is 1.39. The maximum atomic E-state index is 13.6. The molecule has 1 heterocycles. The van der Waals surface area contributed by atoms with E-state index < -0.39 is 11.6 Å². The lowest BCUT2D eigenvalue weighted by Gasteiger charge is -2.09. The highest BCUT2D eigenvalue weighted by Gasteiger charge is 2.07. The predicted octanol–water partition coefficient (Wildman–Crippen LogP) is 3.39. The Morgan fingerprint density at radius 1 is 1.09 bits per heavy atom. The first-order chi connectivity index (χ1) is 10.7. The number of anilines is 1. The van der Waals surface area contributed by atoms with Gasteiger partial charge in [0.05, 0.1) is 17.1 Å². The summed E-state index contributed by atoms with van der Waals surface area (Å²) in [6, 6.07) is 10.5. The number of aromatic nitrogens is 2. The average molecular weight is 296 g/mol. The van der Waals surface area contributed by atoms with E-state index in [1.54, 1.807) is 18.2 Å². The van der Waals surface area contributed by atoms with Crippen LogP contribution in [0.1, 0.15) is 11.1 Å². The van der Waals surface area contributed by atoms with Crippen molar-refractivity contribution in [2.24, 2.45) is 0 Å². The minimum absolute atomic E-state index is 0.148. The van der Waals surface area contributed by atoms with Gasteiger partial charge in [0.25, 0.3) is 0 Å². The molecule has 0 amide bonds. The van der Waals surface area contributed by atoms with Crippen LogP contribution in [0.3, 0.4) is 0 Å². The third-order valence-electron chi connectivity index (χ3n) is 3.23. The van der Waals surface area contributed by atoms with Gasteiger partial charge < -0.3 is 5.32 Å². The molecule has 0 saturated heterocycles. The number of rotatable bonds is 3. The smallest absolute Gasteiger partial charge is 0.137 e. The van der Waals surface area contributed by atoms with Crippen molar-refractivity contribution in [1.82, 2.24) is 9.97 Å². The molecule has 1 N–H and O–H groups in total. The zero-order valence-corrected chi connectivity index (χ0v) is 11.3. The molecule has 108 valence electrons. The molecule has 22 heavy (non-hydrogen) atoms. The van der Waals surface area contributed by atoms with Crippen LogP contribution in [-0.2, 0) is 6.54 Å². The molecule has 0 atom stereocenters. The lowest BCUT2D eigenvalue weighted by molar-refractivity contribution is 0.574. The second-order valence-electron chi connectivity index (χ2n) is 4.66. The Morgan fingerprint density at radius 2 is 1.95 bits per heavy atom. The summed E-state index contributed by atoms with van der Waals surface area (Å²) in [4.78, 5) is 8.23. The van der Waals surface area contributed by atoms with Crippen molar-refractivity contribution >= 4 is 16.7 Å². The van der Waals surface area contributed by atoms with Gasteiger partial charge >= 0.3 is 0 Å². The minimum atomic E-state index is -0.622. The fourth-order valence-corrected chi connectivity index (χ4v) is 2.11. The van der Waals surface area contributed by atoms with E-state index in [0.29, 0.717) is 27.8 Å². The first-order valence-electron chi connectivity index (χ1n) is 6.50. The molecule has 4 nitrogen and oxygen atoms in total. The van der Waals surface area contributed by atoms with Crippen molar-refractivity contribution in [3.05, 3.63) is 65.5 Å². The largest absolute Gasteiger partial charge is 0.365 e. The number of nitrogens with one attached hydrogen (secondary N) is 1. The van der Waals surface area contributed by atoms with Crippen LogP contribution in [-0.4, -0.2) is 9.97 Å². The van der Waals surface area contributed by atoms with Gasteiger partial charge in [0.15, 0.2) is 0 Å². The fraction of sp³-hybridized carbons (Fsp3) is 0.0625. The van der Waals surface area contributed by atoms with Crippen LogP contribution in [0.15, 0.2) is 42.7 Å². The number of hydrogen-bond acceptors (Lipinski definition) is 4. The Labute approximate surface area is 125 Å². The van der Waals surface area contributed by atoms with Crippen LogP contribution in [0.25, 0.3) is 10.9 Å². The highest BCUT2D eigenvalue weighted by molar-refractivity contribution is 5.89. The number of benzene rings is 2. The van der Waals surface area contributed by atoms with Crippen LogP contribution >= 0.6 is 0 Å². The van der Waals surface area contributed by atoms with Crippen LogP contribution in [0.4, 0.5) is 14.6 Å². The topological polar surface area (TPSA) is 61.6 Å². The van der Waals surface area contributed by atoms with E-state index in [0.717, 1.165) is 6.07 Å². The molecule has 1 aromatic heterocycles. The van der Waals surface area contributed by atoms with E-state index in [4.69, 9.17) is 5.26 Å². The summed E-state index contributed by atoms with van der Waals surface area (Å²) in [5.74, 6) is -0.748. The summed E-state index contributed by atoms with van der Waals surface area (Å²) in [5.41, 5.74) is 1.49. The number of fused-ring (bicyclic) bond motifs is 1. The summed E-state index contributed by atoms with van der Waals surface area (Å²) >= 11 is 0. The van der Waals surface area contributed by atoms with Gasteiger partial charge in [-0.2, -0.15) is 5.26 Å². The van der Waals surface area contributed by atoms with E-state index in [2.05, 4.69) is 21.4 Å². The Balaban J connectivity index is 1.92. The van der Waals surface area contributed by atoms with E-state index >= 15 is 0 Å². The molecule has 0 fully saturated rings. The number of halogens is 2. The molecule has 3 aromatic rings. The van der Waals surface area contributed by atoms with Crippen molar-refractivity contribution < 1.29 is 8.78 Å². The van der Waals surface area contributed by atoms with Crippen LogP contribution in [0.5, 0.6) is 0 Å². The van der Waals surface area contributed by atoms with E-state index in [1.165, 1.54) is 18.5 Å². The lowest BCUT2D eigenvalue weighted by atomic mass is 10.1. The summed E-state index contributed by atoms with van der Waals surface area (Å²) in [5, 5.41) is 12.6. The standard InChI is InChI=1S/C16H10F2N4/c17-12-3-2-11(14(18)6-12)8-20-16-13-5-10(7-19)1-4-15(13)21-9-22-16/h1-6,9H,8H2,(H,20,21,22). The average Bonchev–Trinajstić information content (AvgIpc) is 2.53. The zero-order chi connectivity index (χ0) is 15.5. The quantitative estimate of drug-likeness (QED) is 0.804. The number of nitriles is 1. The second-order valence-corrected chi connectivity index (χ2v) is 4.66. The molecule has 3 rings (SSSR count). The van der Waals surface area contributed by atoms with Crippen molar-refractivity contribution in [3.8, 4) is 6.07 Å². The molecular weight excluding hydrogens is 286 g/mol. The molecule has 0 aliphatic carbocycles. The normalized spacial score (nSPS) is 10.4. The maximum absolute atomic E-state index is 13.6. The van der Waals surface area contributed by atoms with Gasteiger partial charge in [0.1, 0.15) is 23.8 Å². The molecule has 0 spiro atoms. The zero-order valence-electron chi connectivity index (χ0n) is 11.3. The maximum Gasteiger partial charge on any atom is 0.137 e. The Morgan fingerprint density at radius 3 is 2.73 bits per heavy atom. The van der Waals surface area contributed by atoms with Crippen LogP contribution in [0, 0.1) is 23.0 Å². The summed E-state index contributed by atoms with van der Waals surface area (Å²) in [6.45, 7) is 0.148. The molecule has 6 heteroatoms. The first kappa shape index (κ1) is 13.9. The lowest BCUT2D eigenvalue weighted by Crippen LogP contribution is -2.04. The molecule has 0 bridgehead atoms. The molecule has 2 aromatic carbocycles. The predicted molar refractivity (Wildman–Crippen MR) is 77.9 cm³/mol. The van der Waals surface area contributed by atoms with Gasteiger partial charge in [-0.3, -0.25) is 0 Å². The third-order valence-corrected chi connectivity index (χ3v) is 3.23. The van der Waals surface area contributed by atoms with Gasteiger partial charge in [-0.25, -0.2) is 18.7 Å². The summed E-state index contributed by atoms with van der Waals surface area (Å²) in [7, 11) is 0. The van der Waals surface area contributed by atoms with Crippen molar-refractivity contribution in [2.75, 3.05) is 5.32 Å². The van der Waals surface area contributed by atoms with Crippen molar-refractivity contribution in [1.29, 1.82) is 5.26 Å². The molecule has 0 radical (unpaired) electrons. The highest BCUT2D eigenvalue weighted by atomic mass is 19.1.